The lowest BCUT2D eigenvalue weighted by molar-refractivity contribution is 0.141. The largest absolute Gasteiger partial charge is 0.298 e. The molecule has 0 aromatic heterocycles. The van der Waals surface area contributed by atoms with E-state index in [0.29, 0.717) is 5.54 Å². The number of rotatable bonds is 1. The highest BCUT2D eigenvalue weighted by molar-refractivity contribution is 5.07. The number of hydrogen-bond donors (Lipinski definition) is 0. The summed E-state index contributed by atoms with van der Waals surface area (Å²) in [5, 5.41) is 0. The Balaban J connectivity index is 1.90. The Hall–Kier alpha value is -0.0400. The summed E-state index contributed by atoms with van der Waals surface area (Å²) >= 11 is 0. The van der Waals surface area contributed by atoms with Crippen molar-refractivity contribution in [3.05, 3.63) is 0 Å². The molecule has 0 aromatic carbocycles. The number of likely N-dealkylation sites (tertiary alicyclic amines) is 1. The van der Waals surface area contributed by atoms with Crippen LogP contribution in [-0.2, 0) is 0 Å². The van der Waals surface area contributed by atoms with Crippen LogP contribution in [0.5, 0.6) is 0 Å². The maximum absolute atomic E-state index is 2.65. The van der Waals surface area contributed by atoms with Gasteiger partial charge in [0.15, 0.2) is 0 Å². The molecule has 3 atom stereocenters. The van der Waals surface area contributed by atoms with Gasteiger partial charge in [-0.3, -0.25) is 4.90 Å². The van der Waals surface area contributed by atoms with Gasteiger partial charge in [-0.05, 0) is 44.4 Å². The second-order valence-electron chi connectivity index (χ2n) is 6.22. The van der Waals surface area contributed by atoms with Crippen molar-refractivity contribution in [2.45, 2.75) is 40.2 Å². The lowest BCUT2D eigenvalue weighted by Gasteiger charge is -2.34. The van der Waals surface area contributed by atoms with Crippen LogP contribution in [0.15, 0.2) is 0 Å². The molecule has 1 saturated heterocycles. The zero-order chi connectivity index (χ0) is 9.80. The quantitative estimate of drug-likeness (QED) is 0.601. The van der Waals surface area contributed by atoms with E-state index >= 15 is 0 Å². The highest BCUT2D eigenvalue weighted by atomic mass is 15.2. The van der Waals surface area contributed by atoms with Gasteiger partial charge in [-0.1, -0.05) is 13.8 Å². The van der Waals surface area contributed by atoms with E-state index in [4.69, 9.17) is 0 Å². The van der Waals surface area contributed by atoms with Crippen LogP contribution in [0.4, 0.5) is 0 Å². The van der Waals surface area contributed by atoms with Crippen LogP contribution in [0.3, 0.4) is 0 Å². The number of hydrogen-bond acceptors (Lipinski definition) is 1. The van der Waals surface area contributed by atoms with Crippen LogP contribution in [-0.4, -0.2) is 23.5 Å². The van der Waals surface area contributed by atoms with Crippen molar-refractivity contribution in [2.24, 2.45) is 23.7 Å². The average Bonchev–Trinajstić information content (AvgIpc) is 2.46. The monoisotopic (exact) mass is 181 g/mol. The van der Waals surface area contributed by atoms with E-state index in [1.165, 1.54) is 13.1 Å². The molecule has 13 heavy (non-hydrogen) atoms. The molecule has 1 saturated carbocycles. The Morgan fingerprint density at radius 3 is 1.85 bits per heavy atom. The van der Waals surface area contributed by atoms with Gasteiger partial charge in [0.05, 0.1) is 0 Å². The third-order valence-electron chi connectivity index (χ3n) is 3.98. The Labute approximate surface area is 82.5 Å². The predicted molar refractivity (Wildman–Crippen MR) is 56.6 cm³/mol. The molecule has 1 heteroatoms. The summed E-state index contributed by atoms with van der Waals surface area (Å²) in [7, 11) is 0. The van der Waals surface area contributed by atoms with Gasteiger partial charge in [0, 0.05) is 18.6 Å². The van der Waals surface area contributed by atoms with Crippen LogP contribution in [0.2, 0.25) is 0 Å². The van der Waals surface area contributed by atoms with E-state index in [1.807, 2.05) is 0 Å². The highest BCUT2D eigenvalue weighted by Gasteiger charge is 2.57. The molecule has 2 rings (SSSR count). The van der Waals surface area contributed by atoms with E-state index in [2.05, 4.69) is 39.5 Å². The smallest absolute Gasteiger partial charge is 0.0125 e. The van der Waals surface area contributed by atoms with Crippen molar-refractivity contribution in [1.82, 2.24) is 4.90 Å². The van der Waals surface area contributed by atoms with Gasteiger partial charge in [-0.25, -0.2) is 0 Å². The van der Waals surface area contributed by atoms with Crippen molar-refractivity contribution in [3.63, 3.8) is 0 Å². The Morgan fingerprint density at radius 2 is 1.54 bits per heavy atom. The first-order valence-corrected chi connectivity index (χ1v) is 5.66. The van der Waals surface area contributed by atoms with Crippen LogP contribution in [0.1, 0.15) is 34.6 Å². The molecule has 1 heterocycles. The fourth-order valence-electron chi connectivity index (χ4n) is 3.11. The van der Waals surface area contributed by atoms with Gasteiger partial charge in [0.2, 0.25) is 0 Å². The van der Waals surface area contributed by atoms with E-state index in [-0.39, 0.29) is 0 Å². The first kappa shape index (κ1) is 9.51. The molecule has 0 bridgehead atoms. The van der Waals surface area contributed by atoms with Crippen molar-refractivity contribution in [3.8, 4) is 0 Å². The molecule has 2 fully saturated rings. The summed E-state index contributed by atoms with van der Waals surface area (Å²) in [6.45, 7) is 14.5. The summed E-state index contributed by atoms with van der Waals surface area (Å²) in [6.07, 6.45) is 0. The van der Waals surface area contributed by atoms with E-state index in [1.54, 1.807) is 0 Å². The number of piperidine rings is 1. The minimum Gasteiger partial charge on any atom is -0.298 e. The van der Waals surface area contributed by atoms with Crippen LogP contribution >= 0.6 is 0 Å². The average molecular weight is 181 g/mol. The summed E-state index contributed by atoms with van der Waals surface area (Å²) in [6, 6.07) is 0. The molecule has 0 aromatic rings. The third kappa shape index (κ3) is 1.52. The summed E-state index contributed by atoms with van der Waals surface area (Å²) in [4.78, 5) is 2.65. The minimum absolute atomic E-state index is 0.398. The molecular formula is C12H23N. The van der Waals surface area contributed by atoms with E-state index in [0.717, 1.165) is 23.7 Å². The van der Waals surface area contributed by atoms with Crippen molar-refractivity contribution >= 4 is 0 Å². The molecule has 76 valence electrons. The topological polar surface area (TPSA) is 3.24 Å². The van der Waals surface area contributed by atoms with Crippen LogP contribution in [0, 0.1) is 23.7 Å². The Morgan fingerprint density at radius 1 is 1.08 bits per heavy atom. The van der Waals surface area contributed by atoms with Crippen LogP contribution in [0.25, 0.3) is 0 Å². The first-order valence-electron chi connectivity index (χ1n) is 5.66. The molecule has 0 spiro atoms. The molecule has 0 amide bonds. The van der Waals surface area contributed by atoms with Gasteiger partial charge in [0.1, 0.15) is 0 Å². The minimum atomic E-state index is 0.398. The third-order valence-corrected chi connectivity index (χ3v) is 3.98. The molecule has 2 aliphatic rings. The van der Waals surface area contributed by atoms with Crippen molar-refractivity contribution in [1.29, 1.82) is 0 Å². The van der Waals surface area contributed by atoms with Crippen molar-refractivity contribution < 1.29 is 0 Å². The van der Waals surface area contributed by atoms with Crippen LogP contribution < -0.4 is 0 Å². The molecular weight excluding hydrogens is 158 g/mol. The molecule has 0 radical (unpaired) electrons. The standard InChI is InChI=1S/C12H23N/c1-8(2)11-9-6-13(7-10(9)11)12(3,4)5/h8-11H,6-7H2,1-5H3/t9-,10+,11+. The van der Waals surface area contributed by atoms with Gasteiger partial charge < -0.3 is 0 Å². The van der Waals surface area contributed by atoms with E-state index in [9.17, 15) is 0 Å². The lowest BCUT2D eigenvalue weighted by Crippen LogP contribution is -2.41. The van der Waals surface area contributed by atoms with Gasteiger partial charge >= 0.3 is 0 Å². The summed E-state index contributed by atoms with van der Waals surface area (Å²) in [5.41, 5.74) is 0.398. The lowest BCUT2D eigenvalue weighted by atomic mass is 10.0. The molecule has 1 aliphatic carbocycles. The maximum atomic E-state index is 2.65. The fraction of sp³-hybridized carbons (Fsp3) is 1.00. The number of fused-ring (bicyclic) bond motifs is 1. The first-order chi connectivity index (χ1) is 5.91. The summed E-state index contributed by atoms with van der Waals surface area (Å²) < 4.78 is 0. The Kier molecular flexibility index (Phi) is 1.99. The summed E-state index contributed by atoms with van der Waals surface area (Å²) in [5.74, 6) is 4.05. The molecule has 1 nitrogen and oxygen atoms in total. The van der Waals surface area contributed by atoms with E-state index < -0.39 is 0 Å². The van der Waals surface area contributed by atoms with Gasteiger partial charge in [-0.2, -0.15) is 0 Å². The molecule has 0 N–H and O–H groups in total. The molecule has 1 aliphatic heterocycles. The SMILES string of the molecule is CC(C)[C@H]1[C@@H]2CN(C(C)(C)C)C[C@@H]21. The van der Waals surface area contributed by atoms with Gasteiger partial charge in [-0.15, -0.1) is 0 Å². The second kappa shape index (κ2) is 2.73. The fourth-order valence-corrected chi connectivity index (χ4v) is 3.11. The predicted octanol–water partition coefficient (Wildman–Crippen LogP) is 2.62. The van der Waals surface area contributed by atoms with Crippen molar-refractivity contribution in [2.75, 3.05) is 13.1 Å². The molecule has 0 unspecified atom stereocenters. The second-order valence-corrected chi connectivity index (χ2v) is 6.22. The zero-order valence-electron chi connectivity index (χ0n) is 9.67. The normalized spacial score (nSPS) is 39.7. The zero-order valence-corrected chi connectivity index (χ0v) is 9.67. The highest BCUT2D eigenvalue weighted by Crippen LogP contribution is 2.56. The number of nitrogens with zero attached hydrogens (tertiary/aromatic N) is 1. The van der Waals surface area contributed by atoms with Gasteiger partial charge in [0.25, 0.3) is 0 Å². The maximum Gasteiger partial charge on any atom is 0.0125 e. The Bertz CT molecular complexity index is 190.